The Bertz CT molecular complexity index is 3050. The van der Waals surface area contributed by atoms with Gasteiger partial charge in [-0.05, 0) is 121 Å². The Labute approximate surface area is 408 Å². The number of carbonyl (C=O) groups excluding carboxylic acids is 1. The van der Waals surface area contributed by atoms with Crippen molar-refractivity contribution < 1.29 is 77.8 Å². The van der Waals surface area contributed by atoms with E-state index in [-0.39, 0.29) is 57.4 Å². The van der Waals surface area contributed by atoms with Crippen LogP contribution in [-0.4, -0.2) is 87.0 Å². The Kier molecular flexibility index (Phi) is 16.9. The van der Waals surface area contributed by atoms with Gasteiger partial charge in [-0.3, -0.25) is 9.35 Å². The molecule has 6 rings (SSSR count). The minimum absolute atomic E-state index is 0. The van der Waals surface area contributed by atoms with Gasteiger partial charge in [-0.1, -0.05) is 55.4 Å². The molecule has 2 aliphatic heterocycles. The van der Waals surface area contributed by atoms with Gasteiger partial charge in [-0.25, -0.2) is 16.8 Å². The molecular formula is C46H53N6NaO10S3. The molecule has 2 heterocycles. The van der Waals surface area contributed by atoms with Gasteiger partial charge < -0.3 is 19.3 Å². The third-order valence-corrected chi connectivity index (χ3v) is 14.5. The van der Waals surface area contributed by atoms with E-state index in [4.69, 9.17) is 5.53 Å². The van der Waals surface area contributed by atoms with Gasteiger partial charge in [0.1, 0.15) is 26.8 Å². The molecule has 20 heteroatoms. The second-order valence-corrected chi connectivity index (χ2v) is 21.6. The zero-order chi connectivity index (χ0) is 47.4. The summed E-state index contributed by atoms with van der Waals surface area (Å²) in [6.07, 6.45) is 13.6. The Morgan fingerprint density at radius 2 is 1.44 bits per heavy atom. The first-order chi connectivity index (χ1) is 30.6. The van der Waals surface area contributed by atoms with Crippen LogP contribution in [0.3, 0.4) is 0 Å². The molecule has 66 heavy (non-hydrogen) atoms. The van der Waals surface area contributed by atoms with Gasteiger partial charge >= 0.3 is 29.6 Å². The standard InChI is InChI=1S/C46H54N6O10S3.Na/c1-45(2)40(51(27-10-6-9-16-42(53)48-25-13-26-49-50-47)38-23-17-32-30-34(64(57,58)59)19-21-36(32)43(38)45)14-7-5-8-15-41-46(3,4)44-37-22-20-35(65(60,61)62)31-33(37)18-24-39(44)52(41)28-11-12-29-63(54,55)56;/h5,7-8,14-15,17-24,30-31H,6,9-13,16,25-29H2,1-4H3,(H3-,48,53,54,55,56,57,58,59,60,61,62);/q;+1/p-1. The molecule has 2 N–H and O–H groups in total. The Morgan fingerprint density at radius 1 is 0.803 bits per heavy atom. The SMILES string of the molecule is CC1(C)C(/C=C/C=C/C=C2/N(CCCCS(=O)(=O)O)c3ccc4cc(S(=O)(=O)[O-])ccc4c3C2(C)C)=[N+](CCCCCC(=O)NCCCN=[N+]=[N-])c2ccc3cc(S(=O)(=O)[O-])ccc3c21.[Na+]. The first-order valence-electron chi connectivity index (χ1n) is 21.3. The maximum Gasteiger partial charge on any atom is 1.00 e. The third kappa shape index (κ3) is 12.0. The van der Waals surface area contributed by atoms with Gasteiger partial charge in [-0.15, -0.1) is 0 Å². The van der Waals surface area contributed by atoms with Crippen LogP contribution in [-0.2, 0) is 46.0 Å². The van der Waals surface area contributed by atoms with Crippen molar-refractivity contribution >= 4 is 74.9 Å². The number of anilines is 1. The van der Waals surface area contributed by atoms with Crippen LogP contribution in [0.25, 0.3) is 32.0 Å². The van der Waals surface area contributed by atoms with Crippen LogP contribution in [0.15, 0.2) is 112 Å². The number of hydrogen-bond acceptors (Lipinski definition) is 11. The summed E-state index contributed by atoms with van der Waals surface area (Å²) in [7, 11) is -13.5. The molecule has 4 aromatic carbocycles. The summed E-state index contributed by atoms with van der Waals surface area (Å²) in [6, 6.07) is 16.2. The predicted molar refractivity (Wildman–Crippen MR) is 249 cm³/mol. The van der Waals surface area contributed by atoms with Gasteiger partial charge in [0.2, 0.25) is 11.6 Å². The number of fused-ring (bicyclic) bond motifs is 6. The molecule has 0 fully saturated rings. The summed E-state index contributed by atoms with van der Waals surface area (Å²) >= 11 is 0. The maximum atomic E-state index is 12.4. The minimum atomic E-state index is -4.68. The number of allylic oxidation sites excluding steroid dienone is 6. The zero-order valence-corrected chi connectivity index (χ0v) is 42.2. The Balaban J connectivity index is 0.00000817. The molecule has 0 saturated carbocycles. The summed E-state index contributed by atoms with van der Waals surface area (Å²) in [5.41, 5.74) is 12.8. The third-order valence-electron chi connectivity index (χ3n) is 12.1. The van der Waals surface area contributed by atoms with Gasteiger partial charge in [0.05, 0.1) is 21.0 Å². The van der Waals surface area contributed by atoms with Crippen LogP contribution in [0, 0.1) is 0 Å². The number of carbonyl (C=O) groups is 1. The fourth-order valence-electron chi connectivity index (χ4n) is 9.09. The summed E-state index contributed by atoms with van der Waals surface area (Å²) in [6.45, 7) is 10.1. The topological polar surface area (TPSA) is 253 Å². The number of rotatable bonds is 20. The minimum Gasteiger partial charge on any atom is -0.744 e. The molecular weight excluding hydrogens is 916 g/mol. The van der Waals surface area contributed by atoms with Crippen molar-refractivity contribution in [2.45, 2.75) is 93.3 Å². The van der Waals surface area contributed by atoms with Crippen molar-refractivity contribution in [2.75, 3.05) is 36.8 Å². The fraction of sp³-hybridized carbons (Fsp3) is 0.391. The van der Waals surface area contributed by atoms with Crippen molar-refractivity contribution in [1.29, 1.82) is 0 Å². The molecule has 0 aliphatic carbocycles. The van der Waals surface area contributed by atoms with Crippen LogP contribution in [0.2, 0.25) is 0 Å². The monoisotopic (exact) mass is 968 g/mol. The molecule has 346 valence electrons. The summed E-state index contributed by atoms with van der Waals surface area (Å²) in [4.78, 5) is 16.6. The molecule has 0 bridgehead atoms. The number of benzene rings is 4. The molecule has 0 radical (unpaired) electrons. The number of azide groups is 1. The molecule has 2 aliphatic rings. The van der Waals surface area contributed by atoms with E-state index in [9.17, 15) is 43.7 Å². The van der Waals surface area contributed by atoms with E-state index in [1.165, 1.54) is 24.3 Å². The number of unbranched alkanes of at least 4 members (excludes halogenated alkanes) is 3. The van der Waals surface area contributed by atoms with E-state index in [1.807, 2.05) is 62.4 Å². The summed E-state index contributed by atoms with van der Waals surface area (Å²) in [5.74, 6) is -0.439. The molecule has 0 spiro atoms. The van der Waals surface area contributed by atoms with Crippen molar-refractivity contribution in [2.24, 2.45) is 5.11 Å². The molecule has 4 aromatic rings. The molecule has 0 atom stereocenters. The van der Waals surface area contributed by atoms with Crippen molar-refractivity contribution in [1.82, 2.24) is 5.32 Å². The Hall–Kier alpha value is -4.40. The largest absolute Gasteiger partial charge is 1.00 e. The predicted octanol–water partition coefficient (Wildman–Crippen LogP) is 5.02. The number of nitrogens with zero attached hydrogens (tertiary/aromatic N) is 5. The van der Waals surface area contributed by atoms with Gasteiger partial charge in [0.25, 0.3) is 10.1 Å². The smallest absolute Gasteiger partial charge is 0.744 e. The van der Waals surface area contributed by atoms with Crippen LogP contribution in [0.4, 0.5) is 11.4 Å². The average Bonchev–Trinajstić information content (AvgIpc) is 3.58. The number of hydrogen-bond donors (Lipinski definition) is 2. The molecule has 16 nitrogen and oxygen atoms in total. The maximum absolute atomic E-state index is 12.4. The van der Waals surface area contributed by atoms with E-state index in [2.05, 4.69) is 38.7 Å². The summed E-state index contributed by atoms with van der Waals surface area (Å²) in [5, 5.41) is 9.15. The van der Waals surface area contributed by atoms with Crippen molar-refractivity contribution in [3.8, 4) is 0 Å². The van der Waals surface area contributed by atoms with Crippen molar-refractivity contribution in [3.05, 3.63) is 118 Å². The van der Waals surface area contributed by atoms with E-state index >= 15 is 0 Å². The average molecular weight is 969 g/mol. The first kappa shape index (κ1) is 52.6. The number of nitrogens with one attached hydrogen (secondary N) is 1. The van der Waals surface area contributed by atoms with E-state index in [1.54, 1.807) is 18.2 Å². The zero-order valence-electron chi connectivity index (χ0n) is 37.7. The van der Waals surface area contributed by atoms with Gasteiger partial charge in [-0.2, -0.15) is 13.0 Å². The first-order valence-corrected chi connectivity index (χ1v) is 25.8. The quantitative estimate of drug-likeness (QED) is 0.0174. The molecule has 1 amide bonds. The Morgan fingerprint density at radius 3 is 2.06 bits per heavy atom. The number of amides is 1. The van der Waals surface area contributed by atoms with Gasteiger partial charge in [0.15, 0.2) is 5.71 Å². The van der Waals surface area contributed by atoms with Crippen molar-refractivity contribution in [3.63, 3.8) is 0 Å². The van der Waals surface area contributed by atoms with Crippen LogP contribution >= 0.6 is 0 Å². The summed E-state index contributed by atoms with van der Waals surface area (Å²) < 4.78 is 106. The molecule has 0 unspecified atom stereocenters. The second-order valence-electron chi connectivity index (χ2n) is 17.3. The molecule has 0 saturated heterocycles. The fourth-order valence-corrected chi connectivity index (χ4v) is 10.7. The van der Waals surface area contributed by atoms with Crippen LogP contribution in [0.1, 0.15) is 83.8 Å². The van der Waals surface area contributed by atoms with E-state index < -0.39 is 41.2 Å². The van der Waals surface area contributed by atoms with Crippen LogP contribution < -0.4 is 39.8 Å². The van der Waals surface area contributed by atoms with E-state index in [0.717, 1.165) is 57.5 Å². The van der Waals surface area contributed by atoms with E-state index in [0.29, 0.717) is 62.6 Å². The molecule has 0 aromatic heterocycles. The second kappa shape index (κ2) is 21.3. The van der Waals surface area contributed by atoms with Gasteiger partial charge in [0, 0.05) is 71.9 Å². The van der Waals surface area contributed by atoms with Crippen LogP contribution in [0.5, 0.6) is 0 Å². The normalized spacial score (nSPS) is 16.3.